The highest BCUT2D eigenvalue weighted by Crippen LogP contribution is 2.62. The number of guanidine groups is 1. The molecule has 1 aliphatic heterocycles. The number of rotatable bonds is 2. The Balaban J connectivity index is 0.00000169. The molecule has 5 heteroatoms. The van der Waals surface area contributed by atoms with Gasteiger partial charge in [-0.15, -0.1) is 24.0 Å². The highest BCUT2D eigenvalue weighted by atomic mass is 127. The Morgan fingerprint density at radius 1 is 1.04 bits per heavy atom. The molecule has 1 saturated heterocycles. The van der Waals surface area contributed by atoms with Crippen molar-refractivity contribution < 1.29 is 4.74 Å². The molecule has 24 heavy (non-hydrogen) atoms. The largest absolute Gasteiger partial charge is 0.377 e. The molecule has 4 rings (SSSR count). The van der Waals surface area contributed by atoms with Crippen LogP contribution in [0.5, 0.6) is 0 Å². The van der Waals surface area contributed by atoms with Crippen LogP contribution in [0.4, 0.5) is 0 Å². The molecule has 2 N–H and O–H groups in total. The lowest BCUT2D eigenvalue weighted by atomic mass is 9.46. The number of hydrogen-bond acceptors (Lipinski definition) is 2. The molecule has 4 nitrogen and oxygen atoms in total. The Hall–Kier alpha value is -0.0400. The van der Waals surface area contributed by atoms with E-state index in [1.165, 1.54) is 51.4 Å². The zero-order valence-electron chi connectivity index (χ0n) is 15.4. The summed E-state index contributed by atoms with van der Waals surface area (Å²) in [6.07, 6.45) is 10.9. The normalized spacial score (nSPS) is 37.0. The Labute approximate surface area is 164 Å². The predicted octanol–water partition coefficient (Wildman–Crippen LogP) is 3.70. The number of nitrogens with one attached hydrogen (secondary N) is 2. The fourth-order valence-electron chi connectivity index (χ4n) is 5.51. The van der Waals surface area contributed by atoms with Gasteiger partial charge in [0.1, 0.15) is 0 Å². The molecule has 4 fully saturated rings. The number of halogens is 1. The molecule has 4 aliphatic rings. The first kappa shape index (κ1) is 18.7. The predicted molar refractivity (Wildman–Crippen MR) is 109 cm³/mol. The molecule has 0 bridgehead atoms. The molecule has 0 aromatic carbocycles. The third-order valence-corrected chi connectivity index (χ3v) is 7.23. The van der Waals surface area contributed by atoms with E-state index in [0.717, 1.165) is 12.6 Å². The summed E-state index contributed by atoms with van der Waals surface area (Å²) >= 11 is 0. The van der Waals surface area contributed by atoms with Crippen molar-refractivity contribution >= 4 is 29.9 Å². The number of ether oxygens (including phenoxy) is 1. The second-order valence-corrected chi connectivity index (χ2v) is 9.11. The molecule has 3 saturated carbocycles. The van der Waals surface area contributed by atoms with E-state index < -0.39 is 0 Å². The van der Waals surface area contributed by atoms with E-state index in [1.807, 2.05) is 7.05 Å². The van der Waals surface area contributed by atoms with E-state index in [1.54, 1.807) is 0 Å². The Kier molecular flexibility index (Phi) is 5.41. The Morgan fingerprint density at radius 3 is 2.33 bits per heavy atom. The van der Waals surface area contributed by atoms with Crippen molar-refractivity contribution in [2.75, 3.05) is 13.7 Å². The van der Waals surface area contributed by atoms with E-state index in [2.05, 4.69) is 29.5 Å². The van der Waals surface area contributed by atoms with Crippen LogP contribution in [-0.4, -0.2) is 37.8 Å². The number of fused-ring (bicyclic) bond motifs is 2. The van der Waals surface area contributed by atoms with Crippen molar-refractivity contribution in [3.05, 3.63) is 0 Å². The van der Waals surface area contributed by atoms with Gasteiger partial charge >= 0.3 is 0 Å². The molecule has 138 valence electrons. The van der Waals surface area contributed by atoms with Gasteiger partial charge in [-0.3, -0.25) is 4.99 Å². The second-order valence-electron chi connectivity index (χ2n) is 9.11. The van der Waals surface area contributed by atoms with Gasteiger partial charge in [-0.1, -0.05) is 20.3 Å². The Bertz CT molecular complexity index is 479. The van der Waals surface area contributed by atoms with Gasteiger partial charge in [0.25, 0.3) is 0 Å². The lowest BCUT2D eigenvalue weighted by Crippen LogP contribution is -2.72. The highest BCUT2D eigenvalue weighted by molar-refractivity contribution is 14.0. The lowest BCUT2D eigenvalue weighted by Gasteiger charge is -2.63. The lowest BCUT2D eigenvalue weighted by molar-refractivity contribution is -0.171. The maximum atomic E-state index is 6.03. The first-order valence-corrected chi connectivity index (χ1v) is 9.66. The van der Waals surface area contributed by atoms with Crippen molar-refractivity contribution in [2.24, 2.45) is 21.7 Å². The molecule has 1 spiro atoms. The fraction of sp³-hybridized carbons (Fsp3) is 0.947. The molecular weight excluding hydrogens is 413 g/mol. The summed E-state index contributed by atoms with van der Waals surface area (Å²) in [5.41, 5.74) is 0.945. The molecule has 0 aromatic heterocycles. The van der Waals surface area contributed by atoms with Crippen molar-refractivity contribution in [1.82, 2.24) is 10.6 Å². The second kappa shape index (κ2) is 6.93. The maximum absolute atomic E-state index is 6.03. The van der Waals surface area contributed by atoms with Crippen LogP contribution in [0, 0.1) is 16.7 Å². The van der Waals surface area contributed by atoms with E-state index >= 15 is 0 Å². The zero-order chi connectivity index (χ0) is 16.1. The summed E-state index contributed by atoms with van der Waals surface area (Å²) in [5.74, 6) is 1.73. The van der Waals surface area contributed by atoms with E-state index in [0.29, 0.717) is 34.9 Å². The molecule has 0 amide bonds. The quantitative estimate of drug-likeness (QED) is 0.386. The number of aliphatic imine (C=N–C) groups is 1. The summed E-state index contributed by atoms with van der Waals surface area (Å²) in [5, 5.41) is 7.50. The van der Waals surface area contributed by atoms with Crippen LogP contribution in [0.25, 0.3) is 0 Å². The average Bonchev–Trinajstić information content (AvgIpc) is 2.88. The maximum Gasteiger partial charge on any atom is 0.191 e. The van der Waals surface area contributed by atoms with Crippen LogP contribution in [0.3, 0.4) is 0 Å². The topological polar surface area (TPSA) is 45.7 Å². The smallest absolute Gasteiger partial charge is 0.191 e. The molecule has 3 unspecified atom stereocenters. The number of nitrogens with zero attached hydrogens (tertiary/aromatic N) is 1. The van der Waals surface area contributed by atoms with Gasteiger partial charge < -0.3 is 15.4 Å². The van der Waals surface area contributed by atoms with Gasteiger partial charge in [-0.25, -0.2) is 0 Å². The zero-order valence-corrected chi connectivity index (χ0v) is 17.8. The molecule has 3 aliphatic carbocycles. The van der Waals surface area contributed by atoms with Crippen molar-refractivity contribution in [2.45, 2.75) is 83.4 Å². The molecule has 3 atom stereocenters. The monoisotopic (exact) mass is 447 g/mol. The van der Waals surface area contributed by atoms with Crippen molar-refractivity contribution in [3.8, 4) is 0 Å². The minimum absolute atomic E-state index is 0. The average molecular weight is 447 g/mol. The van der Waals surface area contributed by atoms with Crippen molar-refractivity contribution in [1.29, 1.82) is 0 Å². The number of hydrogen-bond donors (Lipinski definition) is 2. The van der Waals surface area contributed by atoms with Gasteiger partial charge in [0.15, 0.2) is 5.96 Å². The fourth-order valence-corrected chi connectivity index (χ4v) is 5.51. The molecular formula is C19H34IN3O. The standard InChI is InChI=1S/C19H33N3O.HI/c1-18(2)10-5-13(6-11-18)21-17(20-3)22-15-14-7-12-23-16(14)19(15)8-4-9-19;/h13-16H,4-12H2,1-3H3,(H2,20,21,22);1H. The SMILES string of the molecule is CN=C(NC1CCC(C)(C)CC1)NC1C2CCOC2C12CCC2.I. The van der Waals surface area contributed by atoms with Gasteiger partial charge in [0, 0.05) is 37.1 Å². The molecule has 0 radical (unpaired) electrons. The van der Waals surface area contributed by atoms with Crippen LogP contribution >= 0.6 is 24.0 Å². The van der Waals surface area contributed by atoms with Crippen LogP contribution < -0.4 is 10.6 Å². The summed E-state index contributed by atoms with van der Waals surface area (Å²) in [7, 11) is 1.91. The van der Waals surface area contributed by atoms with Crippen LogP contribution in [-0.2, 0) is 4.74 Å². The summed E-state index contributed by atoms with van der Waals surface area (Å²) in [6, 6.07) is 1.16. The van der Waals surface area contributed by atoms with E-state index in [-0.39, 0.29) is 24.0 Å². The van der Waals surface area contributed by atoms with Crippen LogP contribution in [0.15, 0.2) is 4.99 Å². The minimum Gasteiger partial charge on any atom is -0.377 e. The molecule has 0 aromatic rings. The third-order valence-electron chi connectivity index (χ3n) is 7.23. The van der Waals surface area contributed by atoms with Gasteiger partial charge in [0.2, 0.25) is 0 Å². The molecule has 1 heterocycles. The highest BCUT2D eigenvalue weighted by Gasteiger charge is 2.66. The third kappa shape index (κ3) is 3.08. The van der Waals surface area contributed by atoms with Gasteiger partial charge in [-0.05, 0) is 50.4 Å². The van der Waals surface area contributed by atoms with Crippen molar-refractivity contribution in [3.63, 3.8) is 0 Å². The summed E-state index contributed by atoms with van der Waals surface area (Å²) < 4.78 is 6.03. The van der Waals surface area contributed by atoms with Crippen LogP contribution in [0.1, 0.15) is 65.2 Å². The van der Waals surface area contributed by atoms with Gasteiger partial charge in [0.05, 0.1) is 6.10 Å². The Morgan fingerprint density at radius 2 is 1.75 bits per heavy atom. The summed E-state index contributed by atoms with van der Waals surface area (Å²) in [6.45, 7) is 5.75. The first-order chi connectivity index (χ1) is 11.0. The summed E-state index contributed by atoms with van der Waals surface area (Å²) in [4.78, 5) is 4.53. The van der Waals surface area contributed by atoms with Gasteiger partial charge in [-0.2, -0.15) is 0 Å². The van der Waals surface area contributed by atoms with Crippen LogP contribution in [0.2, 0.25) is 0 Å². The van der Waals surface area contributed by atoms with E-state index in [9.17, 15) is 0 Å². The first-order valence-electron chi connectivity index (χ1n) is 9.66. The minimum atomic E-state index is 0. The van der Waals surface area contributed by atoms with E-state index in [4.69, 9.17) is 4.74 Å².